The summed E-state index contributed by atoms with van der Waals surface area (Å²) in [4.78, 5) is 18.2. The van der Waals surface area contributed by atoms with Crippen molar-refractivity contribution in [3.05, 3.63) is 67.4 Å². The second kappa shape index (κ2) is 8.53. The molecule has 3 aromatic rings. The third-order valence-electron chi connectivity index (χ3n) is 3.67. The monoisotopic (exact) mass is 468 g/mol. The van der Waals surface area contributed by atoms with Crippen LogP contribution in [0.25, 0.3) is 11.3 Å². The lowest BCUT2D eigenvalue weighted by atomic mass is 10.1. The number of aryl methyl sites for hydroxylation is 1. The van der Waals surface area contributed by atoms with Gasteiger partial charge in [0.2, 0.25) is 0 Å². The first-order valence-corrected chi connectivity index (χ1v) is 10.4. The van der Waals surface area contributed by atoms with Crippen molar-refractivity contribution in [2.45, 2.75) is 19.8 Å². The third kappa shape index (κ3) is 4.46. The first kappa shape index (κ1) is 19.4. The van der Waals surface area contributed by atoms with Crippen LogP contribution >= 0.6 is 50.5 Å². The summed E-state index contributed by atoms with van der Waals surface area (Å²) in [5.74, 6) is -0.191. The number of nitrogens with one attached hydrogen (secondary N) is 1. The fraction of sp³-hybridized carbons (Fsp3) is 0.158. The van der Waals surface area contributed by atoms with Crippen molar-refractivity contribution in [3.63, 3.8) is 0 Å². The van der Waals surface area contributed by atoms with E-state index in [0.717, 1.165) is 33.4 Å². The number of benzene rings is 2. The van der Waals surface area contributed by atoms with Gasteiger partial charge in [0.05, 0.1) is 15.7 Å². The van der Waals surface area contributed by atoms with E-state index < -0.39 is 0 Å². The molecule has 0 aliphatic rings. The molecule has 1 amide bonds. The van der Waals surface area contributed by atoms with Crippen LogP contribution in [-0.4, -0.2) is 10.9 Å². The molecule has 0 saturated heterocycles. The van der Waals surface area contributed by atoms with E-state index in [-0.39, 0.29) is 5.91 Å². The SMILES string of the molecule is CCCc1sc(NC(=O)c2cccc(Br)c2)nc1-c1ccc(Cl)c(Cl)c1. The molecule has 0 radical (unpaired) electrons. The molecule has 134 valence electrons. The summed E-state index contributed by atoms with van der Waals surface area (Å²) in [5.41, 5.74) is 2.30. The molecule has 7 heteroatoms. The van der Waals surface area contributed by atoms with Crippen LogP contribution in [0.4, 0.5) is 5.13 Å². The molecule has 3 rings (SSSR count). The van der Waals surface area contributed by atoms with Crippen molar-refractivity contribution < 1.29 is 4.79 Å². The topological polar surface area (TPSA) is 42.0 Å². The van der Waals surface area contributed by atoms with E-state index in [0.29, 0.717) is 20.7 Å². The van der Waals surface area contributed by atoms with E-state index in [2.05, 4.69) is 33.2 Å². The maximum atomic E-state index is 12.5. The number of halogens is 3. The number of amides is 1. The number of hydrogen-bond donors (Lipinski definition) is 1. The Morgan fingerprint density at radius 3 is 2.69 bits per heavy atom. The van der Waals surface area contributed by atoms with Crippen molar-refractivity contribution in [3.8, 4) is 11.3 Å². The highest BCUT2D eigenvalue weighted by Gasteiger charge is 2.16. The Kier molecular flexibility index (Phi) is 6.35. The van der Waals surface area contributed by atoms with Gasteiger partial charge in [-0.1, -0.05) is 64.6 Å². The van der Waals surface area contributed by atoms with Gasteiger partial charge >= 0.3 is 0 Å². The number of rotatable bonds is 5. The van der Waals surface area contributed by atoms with Gasteiger partial charge in [-0.15, -0.1) is 11.3 Å². The predicted molar refractivity (Wildman–Crippen MR) is 114 cm³/mol. The summed E-state index contributed by atoms with van der Waals surface area (Å²) in [6, 6.07) is 12.7. The molecule has 26 heavy (non-hydrogen) atoms. The van der Waals surface area contributed by atoms with Gasteiger partial charge in [-0.2, -0.15) is 0 Å². The molecule has 0 spiro atoms. The second-order valence-electron chi connectivity index (χ2n) is 5.63. The van der Waals surface area contributed by atoms with Gasteiger partial charge in [-0.25, -0.2) is 4.98 Å². The number of thiazole rings is 1. The average molecular weight is 470 g/mol. The Morgan fingerprint density at radius 2 is 2.00 bits per heavy atom. The zero-order chi connectivity index (χ0) is 18.7. The summed E-state index contributed by atoms with van der Waals surface area (Å²) >= 11 is 17.0. The van der Waals surface area contributed by atoms with E-state index in [1.54, 1.807) is 24.3 Å². The van der Waals surface area contributed by atoms with Crippen LogP contribution in [0.1, 0.15) is 28.6 Å². The molecule has 1 heterocycles. The lowest BCUT2D eigenvalue weighted by Gasteiger charge is -2.03. The molecule has 0 bridgehead atoms. The van der Waals surface area contributed by atoms with Crippen molar-refractivity contribution in [2.75, 3.05) is 5.32 Å². The average Bonchev–Trinajstić information content (AvgIpc) is 3.00. The molecular formula is C19H15BrCl2N2OS. The highest BCUT2D eigenvalue weighted by atomic mass is 79.9. The van der Waals surface area contributed by atoms with Gasteiger partial charge in [0, 0.05) is 20.5 Å². The largest absolute Gasteiger partial charge is 0.298 e. The van der Waals surface area contributed by atoms with Crippen molar-refractivity contribution in [1.29, 1.82) is 0 Å². The van der Waals surface area contributed by atoms with Crippen LogP contribution in [0, 0.1) is 0 Å². The lowest BCUT2D eigenvalue weighted by molar-refractivity contribution is 0.102. The molecule has 1 aromatic heterocycles. The molecule has 0 atom stereocenters. The minimum atomic E-state index is -0.191. The molecular weight excluding hydrogens is 455 g/mol. The number of carbonyl (C=O) groups is 1. The van der Waals surface area contributed by atoms with Gasteiger partial charge in [-0.3, -0.25) is 10.1 Å². The van der Waals surface area contributed by atoms with Gasteiger partial charge in [0.1, 0.15) is 0 Å². The first-order chi connectivity index (χ1) is 12.5. The highest BCUT2D eigenvalue weighted by molar-refractivity contribution is 9.10. The molecule has 0 aliphatic carbocycles. The molecule has 0 saturated carbocycles. The third-order valence-corrected chi connectivity index (χ3v) is 5.94. The summed E-state index contributed by atoms with van der Waals surface area (Å²) in [6.07, 6.45) is 1.86. The quantitative estimate of drug-likeness (QED) is 0.433. The molecule has 0 unspecified atom stereocenters. The molecule has 3 nitrogen and oxygen atoms in total. The summed E-state index contributed by atoms with van der Waals surface area (Å²) in [6.45, 7) is 2.11. The molecule has 0 fully saturated rings. The predicted octanol–water partition coefficient (Wildman–Crippen LogP) is 7.08. The van der Waals surface area contributed by atoms with Crippen LogP contribution in [-0.2, 0) is 6.42 Å². The number of aromatic nitrogens is 1. The number of carbonyl (C=O) groups excluding carboxylic acids is 1. The lowest BCUT2D eigenvalue weighted by Crippen LogP contribution is -2.11. The number of hydrogen-bond acceptors (Lipinski definition) is 3. The minimum Gasteiger partial charge on any atom is -0.298 e. The van der Waals surface area contributed by atoms with E-state index in [1.807, 2.05) is 18.2 Å². The second-order valence-corrected chi connectivity index (χ2v) is 8.45. The van der Waals surface area contributed by atoms with E-state index in [9.17, 15) is 4.79 Å². The zero-order valence-electron chi connectivity index (χ0n) is 13.9. The summed E-state index contributed by atoms with van der Waals surface area (Å²) < 4.78 is 0.854. The van der Waals surface area contributed by atoms with Crippen LogP contribution in [0.3, 0.4) is 0 Å². The van der Waals surface area contributed by atoms with E-state index in [4.69, 9.17) is 23.2 Å². The van der Waals surface area contributed by atoms with Gasteiger partial charge < -0.3 is 0 Å². The smallest absolute Gasteiger partial charge is 0.257 e. The van der Waals surface area contributed by atoms with Gasteiger partial charge in [-0.05, 0) is 36.8 Å². The van der Waals surface area contributed by atoms with Crippen LogP contribution in [0.15, 0.2) is 46.9 Å². The van der Waals surface area contributed by atoms with Gasteiger partial charge in [0.25, 0.3) is 5.91 Å². The van der Waals surface area contributed by atoms with Crippen LogP contribution in [0.2, 0.25) is 10.0 Å². The Labute approximate surface area is 174 Å². The molecule has 2 aromatic carbocycles. The Balaban J connectivity index is 1.91. The number of nitrogens with zero attached hydrogens (tertiary/aromatic N) is 1. The molecule has 1 N–H and O–H groups in total. The maximum absolute atomic E-state index is 12.5. The highest BCUT2D eigenvalue weighted by Crippen LogP contribution is 2.35. The van der Waals surface area contributed by atoms with Crippen molar-refractivity contribution in [2.24, 2.45) is 0 Å². The van der Waals surface area contributed by atoms with E-state index in [1.165, 1.54) is 11.3 Å². The molecule has 0 aliphatic heterocycles. The summed E-state index contributed by atoms with van der Waals surface area (Å²) in [5, 5.41) is 4.45. The Bertz CT molecular complexity index is 958. The normalized spacial score (nSPS) is 10.8. The van der Waals surface area contributed by atoms with E-state index >= 15 is 0 Å². The van der Waals surface area contributed by atoms with Crippen LogP contribution < -0.4 is 5.32 Å². The van der Waals surface area contributed by atoms with Gasteiger partial charge in [0.15, 0.2) is 5.13 Å². The Morgan fingerprint density at radius 1 is 1.19 bits per heavy atom. The van der Waals surface area contributed by atoms with Crippen LogP contribution in [0.5, 0.6) is 0 Å². The number of anilines is 1. The van der Waals surface area contributed by atoms with Crippen molar-refractivity contribution in [1.82, 2.24) is 4.98 Å². The van der Waals surface area contributed by atoms with Crippen molar-refractivity contribution >= 4 is 61.5 Å². The standard InChI is InChI=1S/C19H15BrCl2N2OS/c1-2-4-16-17(11-7-8-14(21)15(22)10-11)23-19(26-16)24-18(25)12-5-3-6-13(20)9-12/h3,5-10H,2,4H2,1H3,(H,23,24,25). The summed E-state index contributed by atoms with van der Waals surface area (Å²) in [7, 11) is 0. The Hall–Kier alpha value is -1.40. The zero-order valence-corrected chi connectivity index (χ0v) is 17.8. The minimum absolute atomic E-state index is 0.191. The first-order valence-electron chi connectivity index (χ1n) is 8.00. The fourth-order valence-corrected chi connectivity index (χ4v) is 4.25. The fourth-order valence-electron chi connectivity index (χ4n) is 2.47. The maximum Gasteiger partial charge on any atom is 0.257 e.